The lowest BCUT2D eigenvalue weighted by molar-refractivity contribution is 0.0495. The highest BCUT2D eigenvalue weighted by Crippen LogP contribution is 2.18. The first kappa shape index (κ1) is 13.2. The summed E-state index contributed by atoms with van der Waals surface area (Å²) in [7, 11) is 0. The van der Waals surface area contributed by atoms with E-state index in [1.54, 1.807) is 6.07 Å². The van der Waals surface area contributed by atoms with Crippen molar-refractivity contribution in [3.05, 3.63) is 29.0 Å². The Labute approximate surface area is 99.2 Å². The fourth-order valence-corrected chi connectivity index (χ4v) is 1.33. The summed E-state index contributed by atoms with van der Waals surface area (Å²) >= 11 is 5.61. The molecule has 16 heavy (non-hydrogen) atoms. The number of anilines is 1. The van der Waals surface area contributed by atoms with Gasteiger partial charge in [-0.15, -0.1) is 0 Å². The van der Waals surface area contributed by atoms with Crippen molar-refractivity contribution in [2.45, 2.75) is 13.0 Å². The Hall–Kier alpha value is -0.840. The maximum atomic E-state index is 13.3. The normalized spacial score (nSPS) is 12.5. The van der Waals surface area contributed by atoms with Crippen LogP contribution < -0.4 is 5.32 Å². The van der Waals surface area contributed by atoms with Gasteiger partial charge in [0, 0.05) is 18.2 Å². The fourth-order valence-electron chi connectivity index (χ4n) is 1.17. The van der Waals surface area contributed by atoms with E-state index in [9.17, 15) is 9.50 Å². The van der Waals surface area contributed by atoms with E-state index >= 15 is 0 Å². The average molecular weight is 248 g/mol. The molecule has 1 aromatic carbocycles. The van der Waals surface area contributed by atoms with Crippen molar-refractivity contribution in [1.82, 2.24) is 0 Å². The summed E-state index contributed by atoms with van der Waals surface area (Å²) in [4.78, 5) is 0. The summed E-state index contributed by atoms with van der Waals surface area (Å²) in [6.45, 7) is 2.86. The Kier molecular flexibility index (Phi) is 5.52. The van der Waals surface area contributed by atoms with Gasteiger partial charge in [0.15, 0.2) is 0 Å². The quantitative estimate of drug-likeness (QED) is 0.811. The summed E-state index contributed by atoms with van der Waals surface area (Å²) in [5, 5.41) is 12.6. The first-order valence-corrected chi connectivity index (χ1v) is 5.46. The van der Waals surface area contributed by atoms with Crippen LogP contribution in [0.5, 0.6) is 0 Å². The number of ether oxygens (including phenoxy) is 1. The maximum Gasteiger partial charge on any atom is 0.147 e. The summed E-state index contributed by atoms with van der Waals surface area (Å²) in [6, 6.07) is 4.34. The standard InChI is InChI=1S/C11H15ClFNO2/c1-2-16-7-9(15)6-14-11-4-3-8(12)5-10(11)13/h3-5,9,14-15H,2,6-7H2,1H3. The predicted octanol–water partition coefficient (Wildman–Crippen LogP) is 2.29. The lowest BCUT2D eigenvalue weighted by Gasteiger charge is -2.13. The molecule has 0 aliphatic carbocycles. The Morgan fingerprint density at radius 1 is 1.56 bits per heavy atom. The van der Waals surface area contributed by atoms with Gasteiger partial charge in [0.25, 0.3) is 0 Å². The van der Waals surface area contributed by atoms with Gasteiger partial charge in [-0.25, -0.2) is 4.39 Å². The summed E-state index contributed by atoms with van der Waals surface area (Å²) < 4.78 is 18.3. The Bertz CT molecular complexity index is 336. The van der Waals surface area contributed by atoms with E-state index < -0.39 is 11.9 Å². The van der Waals surface area contributed by atoms with Crippen molar-refractivity contribution in [3.63, 3.8) is 0 Å². The van der Waals surface area contributed by atoms with Crippen molar-refractivity contribution in [3.8, 4) is 0 Å². The van der Waals surface area contributed by atoms with E-state index in [4.69, 9.17) is 16.3 Å². The largest absolute Gasteiger partial charge is 0.389 e. The molecular formula is C11H15ClFNO2. The van der Waals surface area contributed by atoms with E-state index in [0.717, 1.165) is 0 Å². The Balaban J connectivity index is 2.42. The van der Waals surface area contributed by atoms with E-state index in [-0.39, 0.29) is 13.2 Å². The van der Waals surface area contributed by atoms with Gasteiger partial charge in [-0.3, -0.25) is 0 Å². The van der Waals surface area contributed by atoms with Gasteiger partial charge in [0.05, 0.1) is 18.4 Å². The van der Waals surface area contributed by atoms with Crippen LogP contribution in [0.2, 0.25) is 5.02 Å². The molecule has 1 rings (SSSR count). The van der Waals surface area contributed by atoms with E-state index in [0.29, 0.717) is 17.3 Å². The highest BCUT2D eigenvalue weighted by atomic mass is 35.5. The molecule has 1 aromatic rings. The number of nitrogens with one attached hydrogen (secondary N) is 1. The Morgan fingerprint density at radius 2 is 2.31 bits per heavy atom. The molecule has 0 spiro atoms. The fraction of sp³-hybridized carbons (Fsp3) is 0.455. The van der Waals surface area contributed by atoms with E-state index in [1.165, 1.54) is 12.1 Å². The highest BCUT2D eigenvalue weighted by Gasteiger charge is 2.06. The van der Waals surface area contributed by atoms with Crippen molar-refractivity contribution >= 4 is 17.3 Å². The maximum absolute atomic E-state index is 13.3. The van der Waals surface area contributed by atoms with Gasteiger partial charge in [-0.1, -0.05) is 11.6 Å². The highest BCUT2D eigenvalue weighted by molar-refractivity contribution is 6.30. The second-order valence-corrected chi connectivity index (χ2v) is 3.75. The summed E-state index contributed by atoms with van der Waals surface area (Å²) in [6.07, 6.45) is -0.657. The van der Waals surface area contributed by atoms with Gasteiger partial charge >= 0.3 is 0 Å². The lowest BCUT2D eigenvalue weighted by atomic mass is 10.3. The van der Waals surface area contributed by atoms with Crippen LogP contribution in [0, 0.1) is 5.82 Å². The molecule has 0 saturated heterocycles. The molecule has 0 amide bonds. The molecule has 2 N–H and O–H groups in total. The summed E-state index contributed by atoms with van der Waals surface area (Å²) in [5.74, 6) is -0.434. The zero-order chi connectivity index (χ0) is 12.0. The van der Waals surface area contributed by atoms with Crippen molar-refractivity contribution < 1.29 is 14.2 Å². The van der Waals surface area contributed by atoms with E-state index in [1.807, 2.05) is 6.92 Å². The van der Waals surface area contributed by atoms with E-state index in [2.05, 4.69) is 5.32 Å². The minimum absolute atomic E-state index is 0.235. The number of halogens is 2. The third-order valence-corrected chi connectivity index (χ3v) is 2.21. The lowest BCUT2D eigenvalue weighted by Crippen LogP contribution is -2.25. The molecule has 1 atom stereocenters. The molecule has 0 aliphatic rings. The van der Waals surface area contributed by atoms with Crippen LogP contribution in [-0.2, 0) is 4.74 Å². The van der Waals surface area contributed by atoms with Crippen LogP contribution in [0.1, 0.15) is 6.92 Å². The van der Waals surface area contributed by atoms with Crippen LogP contribution in [0.25, 0.3) is 0 Å². The molecule has 0 heterocycles. The molecule has 0 aromatic heterocycles. The molecule has 1 unspecified atom stereocenters. The van der Waals surface area contributed by atoms with Gasteiger partial charge in [-0.05, 0) is 25.1 Å². The van der Waals surface area contributed by atoms with Gasteiger partial charge in [0.1, 0.15) is 5.82 Å². The molecule has 0 radical (unpaired) electrons. The molecule has 5 heteroatoms. The number of benzene rings is 1. The summed E-state index contributed by atoms with van der Waals surface area (Å²) in [5.41, 5.74) is 0.319. The second kappa shape index (κ2) is 6.68. The first-order valence-electron chi connectivity index (χ1n) is 5.08. The number of hydrogen-bond donors (Lipinski definition) is 2. The van der Waals surface area contributed by atoms with Crippen molar-refractivity contribution in [1.29, 1.82) is 0 Å². The van der Waals surface area contributed by atoms with Crippen molar-refractivity contribution in [2.24, 2.45) is 0 Å². The van der Waals surface area contributed by atoms with Crippen LogP contribution in [0.15, 0.2) is 18.2 Å². The zero-order valence-electron chi connectivity index (χ0n) is 9.04. The number of rotatable bonds is 6. The second-order valence-electron chi connectivity index (χ2n) is 3.32. The SMILES string of the molecule is CCOCC(O)CNc1ccc(Cl)cc1F. The molecule has 0 bridgehead atoms. The topological polar surface area (TPSA) is 41.5 Å². The van der Waals surface area contributed by atoms with Crippen LogP contribution in [0.3, 0.4) is 0 Å². The minimum Gasteiger partial charge on any atom is -0.389 e. The van der Waals surface area contributed by atoms with Gasteiger partial charge in [-0.2, -0.15) is 0 Å². The number of hydrogen-bond acceptors (Lipinski definition) is 3. The third kappa shape index (κ3) is 4.35. The first-order chi connectivity index (χ1) is 7.63. The smallest absolute Gasteiger partial charge is 0.147 e. The number of aliphatic hydroxyl groups excluding tert-OH is 1. The van der Waals surface area contributed by atoms with Crippen LogP contribution >= 0.6 is 11.6 Å². The predicted molar refractivity (Wildman–Crippen MR) is 62.4 cm³/mol. The van der Waals surface area contributed by atoms with Gasteiger partial charge in [0.2, 0.25) is 0 Å². The third-order valence-electron chi connectivity index (χ3n) is 1.97. The average Bonchev–Trinajstić information content (AvgIpc) is 2.25. The molecule has 3 nitrogen and oxygen atoms in total. The van der Waals surface area contributed by atoms with Gasteiger partial charge < -0.3 is 15.2 Å². The minimum atomic E-state index is -0.657. The molecule has 0 fully saturated rings. The van der Waals surface area contributed by atoms with Crippen LogP contribution in [0.4, 0.5) is 10.1 Å². The van der Waals surface area contributed by atoms with Crippen molar-refractivity contribution in [2.75, 3.05) is 25.1 Å². The molecule has 0 saturated carbocycles. The zero-order valence-corrected chi connectivity index (χ0v) is 9.80. The molecule has 90 valence electrons. The monoisotopic (exact) mass is 247 g/mol. The molecule has 0 aliphatic heterocycles. The molecular weight excluding hydrogens is 233 g/mol. The van der Waals surface area contributed by atoms with Crippen LogP contribution in [-0.4, -0.2) is 31.0 Å². The Morgan fingerprint density at radius 3 is 2.94 bits per heavy atom. The number of aliphatic hydroxyl groups is 1.